The molecule has 0 saturated heterocycles. The number of rotatable bonds is 3. The monoisotopic (exact) mass is 361 g/mol. The molecule has 0 aliphatic heterocycles. The molecule has 0 spiro atoms. The Hall–Kier alpha value is -2.76. The topological polar surface area (TPSA) is 104 Å². The number of Topliss-reactive ketones (excluding diaryl/α,β-unsaturated/α-hetero) is 1. The fourth-order valence-electron chi connectivity index (χ4n) is 2.79. The van der Waals surface area contributed by atoms with Crippen LogP contribution in [0.3, 0.4) is 0 Å². The molecule has 1 aliphatic rings. The lowest BCUT2D eigenvalue weighted by molar-refractivity contribution is 0.0927. The molecule has 0 heterocycles. The zero-order valence-electron chi connectivity index (χ0n) is 13.0. The lowest BCUT2D eigenvalue weighted by atomic mass is 10.1. The van der Waals surface area contributed by atoms with Gasteiger partial charge in [0.2, 0.25) is 0 Å². The standard InChI is InChI=1S/C17H12FNO5S/c1-25(22,23)15-3-2-14(16-12(20)7-13(21)17(15)16)24-11-5-9(8-19)4-10(18)6-11/h2-6,12,20H,7H2,1H3. The van der Waals surface area contributed by atoms with Gasteiger partial charge in [-0.25, -0.2) is 12.8 Å². The van der Waals surface area contributed by atoms with Gasteiger partial charge in [0.05, 0.1) is 22.6 Å². The first-order valence-corrected chi connectivity index (χ1v) is 9.06. The van der Waals surface area contributed by atoms with Crippen molar-refractivity contribution in [1.29, 1.82) is 5.26 Å². The summed E-state index contributed by atoms with van der Waals surface area (Å²) in [5.41, 5.74) is -0.0175. The molecule has 1 atom stereocenters. The Morgan fingerprint density at radius 3 is 2.68 bits per heavy atom. The van der Waals surface area contributed by atoms with Crippen LogP contribution in [0.25, 0.3) is 0 Å². The highest BCUT2D eigenvalue weighted by molar-refractivity contribution is 7.90. The molecule has 1 N–H and O–H groups in total. The number of fused-ring (bicyclic) bond motifs is 1. The van der Waals surface area contributed by atoms with E-state index in [0.29, 0.717) is 0 Å². The van der Waals surface area contributed by atoms with E-state index in [9.17, 15) is 22.7 Å². The Kier molecular flexibility index (Phi) is 4.06. The number of carbonyl (C=O) groups excluding carboxylic acids is 1. The molecule has 3 rings (SSSR count). The molecule has 0 fully saturated rings. The minimum Gasteiger partial charge on any atom is -0.457 e. The predicted octanol–water partition coefficient (Wildman–Crippen LogP) is 2.51. The fraction of sp³-hybridized carbons (Fsp3) is 0.176. The highest BCUT2D eigenvalue weighted by atomic mass is 32.2. The number of hydrogen-bond acceptors (Lipinski definition) is 6. The molecule has 6 nitrogen and oxygen atoms in total. The lowest BCUT2D eigenvalue weighted by Crippen LogP contribution is -2.06. The Morgan fingerprint density at radius 1 is 1.32 bits per heavy atom. The highest BCUT2D eigenvalue weighted by Crippen LogP contribution is 2.42. The van der Waals surface area contributed by atoms with E-state index in [4.69, 9.17) is 10.00 Å². The number of carbonyl (C=O) groups is 1. The van der Waals surface area contributed by atoms with Gasteiger partial charge < -0.3 is 9.84 Å². The van der Waals surface area contributed by atoms with Crippen LogP contribution in [-0.2, 0) is 9.84 Å². The second kappa shape index (κ2) is 5.95. The predicted molar refractivity (Wildman–Crippen MR) is 84.6 cm³/mol. The van der Waals surface area contributed by atoms with E-state index in [1.807, 2.05) is 0 Å². The van der Waals surface area contributed by atoms with E-state index < -0.39 is 27.5 Å². The van der Waals surface area contributed by atoms with Crippen molar-refractivity contribution in [2.24, 2.45) is 0 Å². The molecule has 0 bridgehead atoms. The third kappa shape index (κ3) is 3.12. The Morgan fingerprint density at radius 2 is 2.04 bits per heavy atom. The summed E-state index contributed by atoms with van der Waals surface area (Å²) >= 11 is 0. The molecule has 1 unspecified atom stereocenters. The minimum absolute atomic E-state index is 0.00240. The van der Waals surface area contributed by atoms with Gasteiger partial charge in [0.15, 0.2) is 15.6 Å². The molecule has 2 aromatic carbocycles. The maximum absolute atomic E-state index is 13.5. The molecule has 0 aromatic heterocycles. The number of hydrogen-bond donors (Lipinski definition) is 1. The van der Waals surface area contributed by atoms with Crippen LogP contribution >= 0.6 is 0 Å². The first kappa shape index (κ1) is 17.1. The molecular weight excluding hydrogens is 349 g/mol. The molecule has 2 aromatic rings. The van der Waals surface area contributed by atoms with Crippen molar-refractivity contribution in [3.8, 4) is 17.6 Å². The number of aliphatic hydroxyl groups is 1. The largest absolute Gasteiger partial charge is 0.457 e. The number of nitrogens with zero attached hydrogens (tertiary/aromatic N) is 1. The molecule has 1 aliphatic carbocycles. The number of halogens is 1. The van der Waals surface area contributed by atoms with Gasteiger partial charge in [-0.2, -0.15) is 5.26 Å². The van der Waals surface area contributed by atoms with Crippen molar-refractivity contribution in [2.45, 2.75) is 17.4 Å². The van der Waals surface area contributed by atoms with E-state index in [-0.39, 0.29) is 39.5 Å². The van der Waals surface area contributed by atoms with E-state index in [0.717, 1.165) is 18.4 Å². The van der Waals surface area contributed by atoms with Crippen LogP contribution in [0.5, 0.6) is 11.5 Å². The minimum atomic E-state index is -3.68. The van der Waals surface area contributed by atoms with Crippen molar-refractivity contribution in [3.63, 3.8) is 0 Å². The summed E-state index contributed by atoms with van der Waals surface area (Å²) in [6.45, 7) is 0. The molecule has 0 saturated carbocycles. The van der Waals surface area contributed by atoms with Crippen LogP contribution in [0.4, 0.5) is 4.39 Å². The molecule has 8 heteroatoms. The summed E-state index contributed by atoms with van der Waals surface area (Å²) in [6.07, 6.45) is -0.513. The highest BCUT2D eigenvalue weighted by Gasteiger charge is 2.36. The average molecular weight is 361 g/mol. The molecule has 0 radical (unpaired) electrons. The van der Waals surface area contributed by atoms with Crippen molar-refractivity contribution in [3.05, 3.63) is 52.8 Å². The zero-order chi connectivity index (χ0) is 18.4. The molecule has 0 amide bonds. The summed E-state index contributed by atoms with van der Waals surface area (Å²) < 4.78 is 42.8. The molecule has 128 valence electrons. The van der Waals surface area contributed by atoms with Crippen molar-refractivity contribution in [1.82, 2.24) is 0 Å². The maximum Gasteiger partial charge on any atom is 0.176 e. The number of aliphatic hydroxyl groups excluding tert-OH is 1. The summed E-state index contributed by atoms with van der Waals surface area (Å²) in [5.74, 6) is -1.16. The number of ether oxygens (including phenoxy) is 1. The zero-order valence-corrected chi connectivity index (χ0v) is 13.8. The van der Waals surface area contributed by atoms with Crippen LogP contribution in [0, 0.1) is 17.1 Å². The van der Waals surface area contributed by atoms with E-state index in [1.54, 1.807) is 6.07 Å². The van der Waals surface area contributed by atoms with Gasteiger partial charge >= 0.3 is 0 Å². The maximum atomic E-state index is 13.5. The van der Waals surface area contributed by atoms with Crippen LogP contribution in [0.15, 0.2) is 35.2 Å². The SMILES string of the molecule is CS(=O)(=O)c1ccc(Oc2cc(F)cc(C#N)c2)c2c1C(=O)CC2O. The number of sulfone groups is 1. The summed E-state index contributed by atoms with van der Waals surface area (Å²) in [6, 6.07) is 7.67. The van der Waals surface area contributed by atoms with Gasteiger partial charge in [-0.15, -0.1) is 0 Å². The number of nitriles is 1. The van der Waals surface area contributed by atoms with Crippen LogP contribution in [0.1, 0.15) is 34.0 Å². The van der Waals surface area contributed by atoms with E-state index in [2.05, 4.69) is 0 Å². The van der Waals surface area contributed by atoms with Crippen molar-refractivity contribution < 1.29 is 27.4 Å². The van der Waals surface area contributed by atoms with Gasteiger partial charge in [-0.3, -0.25) is 4.79 Å². The van der Waals surface area contributed by atoms with Gasteiger partial charge in [0.1, 0.15) is 17.3 Å². The summed E-state index contributed by atoms with van der Waals surface area (Å²) in [4.78, 5) is 11.9. The Balaban J connectivity index is 2.15. The van der Waals surface area contributed by atoms with E-state index in [1.165, 1.54) is 18.2 Å². The summed E-state index contributed by atoms with van der Waals surface area (Å²) in [7, 11) is -3.68. The molecule has 25 heavy (non-hydrogen) atoms. The third-order valence-electron chi connectivity index (χ3n) is 3.79. The first-order chi connectivity index (χ1) is 11.7. The van der Waals surface area contributed by atoms with Gasteiger partial charge in [-0.1, -0.05) is 0 Å². The fourth-order valence-corrected chi connectivity index (χ4v) is 3.70. The van der Waals surface area contributed by atoms with E-state index >= 15 is 0 Å². The van der Waals surface area contributed by atoms with Gasteiger partial charge in [0, 0.05) is 29.9 Å². The van der Waals surface area contributed by atoms with Crippen molar-refractivity contribution >= 4 is 15.6 Å². The number of benzene rings is 2. The van der Waals surface area contributed by atoms with Gasteiger partial charge in [-0.05, 0) is 24.3 Å². The van der Waals surface area contributed by atoms with Gasteiger partial charge in [0.25, 0.3) is 0 Å². The Bertz CT molecular complexity index is 1040. The third-order valence-corrected chi connectivity index (χ3v) is 4.92. The van der Waals surface area contributed by atoms with Crippen LogP contribution < -0.4 is 4.74 Å². The second-order valence-electron chi connectivity index (χ2n) is 5.66. The van der Waals surface area contributed by atoms with Crippen molar-refractivity contribution in [2.75, 3.05) is 6.26 Å². The number of ketones is 1. The van der Waals surface area contributed by atoms with Crippen LogP contribution in [0.2, 0.25) is 0 Å². The second-order valence-corrected chi connectivity index (χ2v) is 7.64. The Labute approximate surface area is 143 Å². The van der Waals surface area contributed by atoms with Crippen LogP contribution in [-0.4, -0.2) is 25.6 Å². The quantitative estimate of drug-likeness (QED) is 0.901. The first-order valence-electron chi connectivity index (χ1n) is 7.17. The average Bonchev–Trinajstić information content (AvgIpc) is 2.81. The molecular formula is C17H12FNO5S. The normalized spacial score (nSPS) is 16.4. The smallest absolute Gasteiger partial charge is 0.176 e. The lowest BCUT2D eigenvalue weighted by Gasteiger charge is -2.14. The summed E-state index contributed by atoms with van der Waals surface area (Å²) in [5, 5.41) is 19.0.